The fourth-order valence-corrected chi connectivity index (χ4v) is 2.35. The maximum Gasteiger partial charge on any atom is 0.122 e. The summed E-state index contributed by atoms with van der Waals surface area (Å²) in [5.41, 5.74) is 2.50. The molecule has 0 aliphatic carbocycles. The SMILES string of the molecule is CC(C)C(CO)CN(C)c1ccc2c(c1)CCO2. The predicted octanol–water partition coefficient (Wildman–Crippen LogP) is 2.32. The van der Waals surface area contributed by atoms with E-state index in [1.54, 1.807) is 0 Å². The van der Waals surface area contributed by atoms with Gasteiger partial charge in [0.05, 0.1) is 6.61 Å². The van der Waals surface area contributed by atoms with Crippen LogP contribution in [0.2, 0.25) is 0 Å². The number of aliphatic hydroxyl groups is 1. The number of nitrogens with zero attached hydrogens (tertiary/aromatic N) is 1. The van der Waals surface area contributed by atoms with Gasteiger partial charge in [0.1, 0.15) is 5.75 Å². The van der Waals surface area contributed by atoms with Gasteiger partial charge in [-0.05, 0) is 29.7 Å². The summed E-state index contributed by atoms with van der Waals surface area (Å²) in [6, 6.07) is 6.35. The van der Waals surface area contributed by atoms with Crippen LogP contribution in [0.25, 0.3) is 0 Å². The van der Waals surface area contributed by atoms with Gasteiger partial charge in [0.25, 0.3) is 0 Å². The first-order valence-electron chi connectivity index (χ1n) is 6.69. The van der Waals surface area contributed by atoms with Gasteiger partial charge < -0.3 is 14.7 Å². The molecular weight excluding hydrogens is 226 g/mol. The third kappa shape index (κ3) is 2.78. The van der Waals surface area contributed by atoms with Gasteiger partial charge >= 0.3 is 0 Å². The second kappa shape index (κ2) is 5.61. The molecule has 100 valence electrons. The molecule has 1 aromatic rings. The van der Waals surface area contributed by atoms with E-state index in [0.717, 1.165) is 25.3 Å². The fourth-order valence-electron chi connectivity index (χ4n) is 2.35. The monoisotopic (exact) mass is 249 g/mol. The number of hydrogen-bond donors (Lipinski definition) is 1. The van der Waals surface area contributed by atoms with Crippen molar-refractivity contribution in [2.75, 3.05) is 31.7 Å². The van der Waals surface area contributed by atoms with E-state index in [4.69, 9.17) is 4.74 Å². The molecule has 1 unspecified atom stereocenters. The predicted molar refractivity (Wildman–Crippen MR) is 74.3 cm³/mol. The molecule has 0 saturated carbocycles. The molecule has 0 spiro atoms. The van der Waals surface area contributed by atoms with E-state index in [9.17, 15) is 5.11 Å². The van der Waals surface area contributed by atoms with Gasteiger partial charge in [-0.15, -0.1) is 0 Å². The highest BCUT2D eigenvalue weighted by atomic mass is 16.5. The van der Waals surface area contributed by atoms with Crippen molar-refractivity contribution in [3.63, 3.8) is 0 Å². The van der Waals surface area contributed by atoms with Crippen molar-refractivity contribution in [2.24, 2.45) is 11.8 Å². The Bertz CT molecular complexity index is 403. The summed E-state index contributed by atoms with van der Waals surface area (Å²) in [5.74, 6) is 1.84. The Morgan fingerprint density at radius 3 is 2.83 bits per heavy atom. The quantitative estimate of drug-likeness (QED) is 0.869. The Morgan fingerprint density at radius 1 is 1.39 bits per heavy atom. The van der Waals surface area contributed by atoms with Crippen LogP contribution < -0.4 is 9.64 Å². The van der Waals surface area contributed by atoms with Crippen molar-refractivity contribution >= 4 is 5.69 Å². The molecule has 1 aliphatic heterocycles. The number of rotatable bonds is 5. The lowest BCUT2D eigenvalue weighted by Gasteiger charge is -2.27. The van der Waals surface area contributed by atoms with Crippen molar-refractivity contribution in [1.29, 1.82) is 0 Å². The zero-order valence-corrected chi connectivity index (χ0v) is 11.5. The number of aliphatic hydroxyl groups excluding tert-OH is 1. The van der Waals surface area contributed by atoms with Crippen LogP contribution in [0.4, 0.5) is 5.69 Å². The molecule has 0 amide bonds. The molecule has 0 saturated heterocycles. The van der Waals surface area contributed by atoms with E-state index in [1.165, 1.54) is 11.3 Å². The second-order valence-corrected chi connectivity index (χ2v) is 5.46. The molecule has 1 N–H and O–H groups in total. The minimum atomic E-state index is 0.246. The van der Waals surface area contributed by atoms with Gasteiger partial charge in [0, 0.05) is 38.2 Å². The van der Waals surface area contributed by atoms with Crippen molar-refractivity contribution in [3.05, 3.63) is 23.8 Å². The van der Waals surface area contributed by atoms with Gasteiger partial charge in [-0.25, -0.2) is 0 Å². The lowest BCUT2D eigenvalue weighted by Crippen LogP contribution is -2.30. The number of hydrogen-bond acceptors (Lipinski definition) is 3. The smallest absolute Gasteiger partial charge is 0.122 e. The van der Waals surface area contributed by atoms with Crippen LogP contribution in [-0.4, -0.2) is 31.9 Å². The highest BCUT2D eigenvalue weighted by Crippen LogP contribution is 2.29. The van der Waals surface area contributed by atoms with Gasteiger partial charge in [0.15, 0.2) is 0 Å². The third-order valence-electron chi connectivity index (χ3n) is 3.80. The van der Waals surface area contributed by atoms with Crippen molar-refractivity contribution in [2.45, 2.75) is 20.3 Å². The first kappa shape index (κ1) is 13.2. The molecule has 0 bridgehead atoms. The van der Waals surface area contributed by atoms with Gasteiger partial charge in [-0.1, -0.05) is 13.8 Å². The molecule has 0 aromatic heterocycles. The summed E-state index contributed by atoms with van der Waals surface area (Å²) in [6.07, 6.45) is 1.00. The van der Waals surface area contributed by atoms with Crippen LogP contribution in [0, 0.1) is 11.8 Å². The maximum atomic E-state index is 9.40. The summed E-state index contributed by atoms with van der Waals surface area (Å²) < 4.78 is 5.52. The molecule has 1 heterocycles. The lowest BCUT2D eigenvalue weighted by atomic mass is 9.96. The molecule has 1 aromatic carbocycles. The summed E-state index contributed by atoms with van der Waals surface area (Å²) in [4.78, 5) is 2.22. The maximum absolute atomic E-state index is 9.40. The number of benzene rings is 1. The summed E-state index contributed by atoms with van der Waals surface area (Å²) in [6.45, 7) is 6.24. The van der Waals surface area contributed by atoms with Gasteiger partial charge in [0.2, 0.25) is 0 Å². The lowest BCUT2D eigenvalue weighted by molar-refractivity contribution is 0.193. The fraction of sp³-hybridized carbons (Fsp3) is 0.600. The van der Waals surface area contributed by atoms with Crippen LogP contribution in [0.3, 0.4) is 0 Å². The van der Waals surface area contributed by atoms with Crippen LogP contribution in [0.5, 0.6) is 5.75 Å². The highest BCUT2D eigenvalue weighted by molar-refractivity contribution is 5.53. The van der Waals surface area contributed by atoms with Crippen molar-refractivity contribution in [3.8, 4) is 5.75 Å². The summed E-state index contributed by atoms with van der Waals surface area (Å²) in [5, 5.41) is 9.40. The average molecular weight is 249 g/mol. The molecule has 0 fully saturated rings. The van der Waals surface area contributed by atoms with Crippen LogP contribution in [0.1, 0.15) is 19.4 Å². The Hall–Kier alpha value is -1.22. The molecule has 1 atom stereocenters. The molecule has 2 rings (SSSR count). The minimum absolute atomic E-state index is 0.246. The first-order valence-corrected chi connectivity index (χ1v) is 6.69. The van der Waals surface area contributed by atoms with Crippen molar-refractivity contribution < 1.29 is 9.84 Å². The van der Waals surface area contributed by atoms with Gasteiger partial charge in [-0.3, -0.25) is 0 Å². The number of ether oxygens (including phenoxy) is 1. The molecule has 3 heteroatoms. The van der Waals surface area contributed by atoms with E-state index >= 15 is 0 Å². The zero-order valence-electron chi connectivity index (χ0n) is 11.5. The molecule has 0 radical (unpaired) electrons. The van der Waals surface area contributed by atoms with Crippen LogP contribution >= 0.6 is 0 Å². The zero-order chi connectivity index (χ0) is 13.1. The molecule has 3 nitrogen and oxygen atoms in total. The molecule has 18 heavy (non-hydrogen) atoms. The third-order valence-corrected chi connectivity index (χ3v) is 3.80. The summed E-state index contributed by atoms with van der Waals surface area (Å²) >= 11 is 0. The van der Waals surface area contributed by atoms with E-state index in [1.807, 2.05) is 0 Å². The second-order valence-electron chi connectivity index (χ2n) is 5.46. The van der Waals surface area contributed by atoms with E-state index in [0.29, 0.717) is 11.8 Å². The number of anilines is 1. The van der Waals surface area contributed by atoms with E-state index < -0.39 is 0 Å². The average Bonchev–Trinajstić information content (AvgIpc) is 2.82. The van der Waals surface area contributed by atoms with Crippen LogP contribution in [-0.2, 0) is 6.42 Å². The van der Waals surface area contributed by atoms with Gasteiger partial charge in [-0.2, -0.15) is 0 Å². The highest BCUT2D eigenvalue weighted by Gasteiger charge is 2.17. The minimum Gasteiger partial charge on any atom is -0.493 e. The Kier molecular flexibility index (Phi) is 4.12. The van der Waals surface area contributed by atoms with E-state index in [2.05, 4.69) is 44.0 Å². The first-order chi connectivity index (χ1) is 8.61. The Morgan fingerprint density at radius 2 is 2.17 bits per heavy atom. The molecular formula is C15H23NO2. The largest absolute Gasteiger partial charge is 0.493 e. The summed E-state index contributed by atoms with van der Waals surface area (Å²) in [7, 11) is 2.09. The standard InChI is InChI=1S/C15H23NO2/c1-11(2)13(10-17)9-16(3)14-4-5-15-12(8-14)6-7-18-15/h4-5,8,11,13,17H,6-7,9-10H2,1-3H3. The topological polar surface area (TPSA) is 32.7 Å². The molecule has 1 aliphatic rings. The Balaban J connectivity index is 2.06. The Labute approximate surface area is 109 Å². The van der Waals surface area contributed by atoms with Crippen LogP contribution in [0.15, 0.2) is 18.2 Å². The normalized spacial score (nSPS) is 15.4. The van der Waals surface area contributed by atoms with Crippen molar-refractivity contribution in [1.82, 2.24) is 0 Å². The van der Waals surface area contributed by atoms with E-state index in [-0.39, 0.29) is 6.61 Å². The number of fused-ring (bicyclic) bond motifs is 1.